The zero-order chi connectivity index (χ0) is 13.7. The largest absolute Gasteiger partial charge is 0.444 e. The van der Waals surface area contributed by atoms with Crippen molar-refractivity contribution in [2.24, 2.45) is 0 Å². The molecular formula is C14H11ClINO2. The lowest BCUT2D eigenvalue weighted by Crippen LogP contribution is -2.13. The summed E-state index contributed by atoms with van der Waals surface area (Å²) < 4.78 is 6.10. The number of amides is 1. The Bertz CT molecular complexity index is 575. The molecule has 98 valence electrons. The van der Waals surface area contributed by atoms with Crippen molar-refractivity contribution in [2.45, 2.75) is 6.61 Å². The van der Waals surface area contributed by atoms with Gasteiger partial charge < -0.3 is 4.74 Å². The number of hydrogen-bond donors (Lipinski definition) is 1. The summed E-state index contributed by atoms with van der Waals surface area (Å²) in [6.07, 6.45) is -0.521. The molecule has 19 heavy (non-hydrogen) atoms. The Morgan fingerprint density at radius 2 is 1.95 bits per heavy atom. The van der Waals surface area contributed by atoms with Crippen LogP contribution in [-0.2, 0) is 11.3 Å². The van der Waals surface area contributed by atoms with Crippen LogP contribution in [0.15, 0.2) is 48.5 Å². The van der Waals surface area contributed by atoms with Gasteiger partial charge in [-0.3, -0.25) is 5.32 Å². The topological polar surface area (TPSA) is 38.3 Å². The highest BCUT2D eigenvalue weighted by atomic mass is 127. The summed E-state index contributed by atoms with van der Waals surface area (Å²) in [5.74, 6) is 0. The summed E-state index contributed by atoms with van der Waals surface area (Å²) >= 11 is 8.13. The highest BCUT2D eigenvalue weighted by Gasteiger charge is 2.07. The first kappa shape index (κ1) is 14.1. The summed E-state index contributed by atoms with van der Waals surface area (Å²) in [6, 6.07) is 14.9. The van der Waals surface area contributed by atoms with Crippen LogP contribution in [0, 0.1) is 3.57 Å². The van der Waals surface area contributed by atoms with Crippen LogP contribution < -0.4 is 5.32 Å². The smallest absolute Gasteiger partial charge is 0.412 e. The molecule has 0 unspecified atom stereocenters. The Morgan fingerprint density at radius 1 is 1.21 bits per heavy atom. The van der Waals surface area contributed by atoms with Crippen molar-refractivity contribution in [2.75, 3.05) is 5.32 Å². The van der Waals surface area contributed by atoms with E-state index in [4.69, 9.17) is 16.3 Å². The lowest BCUT2D eigenvalue weighted by molar-refractivity contribution is 0.155. The van der Waals surface area contributed by atoms with Crippen LogP contribution in [0.5, 0.6) is 0 Å². The van der Waals surface area contributed by atoms with E-state index in [1.54, 1.807) is 12.1 Å². The van der Waals surface area contributed by atoms with Gasteiger partial charge in [0.1, 0.15) is 6.61 Å². The van der Waals surface area contributed by atoms with Crippen LogP contribution in [0.2, 0.25) is 5.02 Å². The minimum Gasteiger partial charge on any atom is -0.444 e. The number of ether oxygens (including phenoxy) is 1. The third-order valence-electron chi connectivity index (χ3n) is 2.38. The first-order valence-electron chi connectivity index (χ1n) is 5.58. The minimum atomic E-state index is -0.521. The fourth-order valence-corrected chi connectivity index (χ4v) is 2.12. The molecule has 0 aliphatic heterocycles. The molecule has 0 saturated carbocycles. The van der Waals surface area contributed by atoms with Gasteiger partial charge in [-0.1, -0.05) is 41.9 Å². The number of anilines is 1. The molecule has 0 aliphatic carbocycles. The molecule has 0 aromatic heterocycles. The minimum absolute atomic E-state index is 0.230. The first-order valence-corrected chi connectivity index (χ1v) is 7.03. The normalized spacial score (nSPS) is 10.0. The first-order chi connectivity index (χ1) is 9.15. The van der Waals surface area contributed by atoms with Crippen LogP contribution in [0.25, 0.3) is 0 Å². The summed E-state index contributed by atoms with van der Waals surface area (Å²) in [6.45, 7) is 0.230. The number of carbonyl (C=O) groups is 1. The van der Waals surface area contributed by atoms with Crippen LogP contribution in [-0.4, -0.2) is 6.09 Å². The van der Waals surface area contributed by atoms with Crippen molar-refractivity contribution < 1.29 is 9.53 Å². The SMILES string of the molecule is O=C(Nc1cc(I)ccc1Cl)OCc1ccccc1. The fraction of sp³-hybridized carbons (Fsp3) is 0.0714. The molecule has 2 rings (SSSR count). The van der Waals surface area contributed by atoms with Gasteiger partial charge in [0, 0.05) is 3.57 Å². The number of hydrogen-bond acceptors (Lipinski definition) is 2. The number of benzene rings is 2. The van der Waals surface area contributed by atoms with E-state index >= 15 is 0 Å². The quantitative estimate of drug-likeness (QED) is 0.776. The lowest BCUT2D eigenvalue weighted by atomic mass is 10.2. The number of nitrogens with one attached hydrogen (secondary N) is 1. The summed E-state index contributed by atoms with van der Waals surface area (Å²) in [7, 11) is 0. The molecule has 0 atom stereocenters. The molecule has 0 aliphatic rings. The van der Waals surface area contributed by atoms with Crippen LogP contribution in [0.1, 0.15) is 5.56 Å². The van der Waals surface area contributed by atoms with Gasteiger partial charge >= 0.3 is 6.09 Å². The number of carbonyl (C=O) groups excluding carboxylic acids is 1. The van der Waals surface area contributed by atoms with E-state index in [0.717, 1.165) is 9.13 Å². The van der Waals surface area contributed by atoms with Gasteiger partial charge in [0.25, 0.3) is 0 Å². The molecule has 0 fully saturated rings. The van der Waals surface area contributed by atoms with Gasteiger partial charge in [-0.2, -0.15) is 0 Å². The molecule has 3 nitrogen and oxygen atoms in total. The lowest BCUT2D eigenvalue weighted by Gasteiger charge is -2.08. The second-order valence-electron chi connectivity index (χ2n) is 3.81. The van der Waals surface area contributed by atoms with Crippen LogP contribution in [0.3, 0.4) is 0 Å². The van der Waals surface area contributed by atoms with E-state index in [0.29, 0.717) is 10.7 Å². The Kier molecular flexibility index (Phi) is 5.04. The Labute approximate surface area is 130 Å². The van der Waals surface area contributed by atoms with E-state index in [-0.39, 0.29) is 6.61 Å². The molecule has 2 aromatic carbocycles. The average molecular weight is 388 g/mol. The van der Waals surface area contributed by atoms with E-state index < -0.39 is 6.09 Å². The zero-order valence-corrected chi connectivity index (χ0v) is 12.8. The third-order valence-corrected chi connectivity index (χ3v) is 3.38. The molecule has 0 bridgehead atoms. The summed E-state index contributed by atoms with van der Waals surface area (Å²) in [4.78, 5) is 11.7. The molecule has 0 heterocycles. The van der Waals surface area contributed by atoms with E-state index in [2.05, 4.69) is 27.9 Å². The van der Waals surface area contributed by atoms with E-state index in [9.17, 15) is 4.79 Å². The average Bonchev–Trinajstić information content (AvgIpc) is 2.42. The predicted octanol–water partition coefficient (Wildman–Crippen LogP) is 4.69. The molecule has 1 N–H and O–H groups in total. The highest BCUT2D eigenvalue weighted by Crippen LogP contribution is 2.24. The zero-order valence-electron chi connectivity index (χ0n) is 9.90. The van der Waals surface area contributed by atoms with E-state index in [1.807, 2.05) is 36.4 Å². The van der Waals surface area contributed by atoms with Gasteiger partial charge in [0.05, 0.1) is 10.7 Å². The molecular weight excluding hydrogens is 377 g/mol. The molecule has 5 heteroatoms. The van der Waals surface area contributed by atoms with Crippen molar-refractivity contribution in [3.8, 4) is 0 Å². The Hall–Kier alpha value is -1.27. The third kappa shape index (κ3) is 4.40. The standard InChI is InChI=1S/C14H11ClINO2/c15-12-7-6-11(16)8-13(12)17-14(18)19-9-10-4-2-1-3-5-10/h1-8H,9H2,(H,17,18). The Balaban J connectivity index is 1.93. The van der Waals surface area contributed by atoms with Crippen molar-refractivity contribution in [1.29, 1.82) is 0 Å². The molecule has 2 aromatic rings. The van der Waals surface area contributed by atoms with Gasteiger partial charge in [-0.15, -0.1) is 0 Å². The van der Waals surface area contributed by atoms with Crippen molar-refractivity contribution in [3.63, 3.8) is 0 Å². The maximum absolute atomic E-state index is 11.7. The highest BCUT2D eigenvalue weighted by molar-refractivity contribution is 14.1. The fourth-order valence-electron chi connectivity index (χ4n) is 1.46. The van der Waals surface area contributed by atoms with Gasteiger partial charge in [-0.05, 0) is 46.4 Å². The van der Waals surface area contributed by atoms with Gasteiger partial charge in [0.15, 0.2) is 0 Å². The predicted molar refractivity (Wildman–Crippen MR) is 84.4 cm³/mol. The van der Waals surface area contributed by atoms with E-state index in [1.165, 1.54) is 0 Å². The van der Waals surface area contributed by atoms with Gasteiger partial charge in [-0.25, -0.2) is 4.79 Å². The van der Waals surface area contributed by atoms with Crippen molar-refractivity contribution in [3.05, 3.63) is 62.7 Å². The Morgan fingerprint density at radius 3 is 2.68 bits per heavy atom. The van der Waals surface area contributed by atoms with Crippen molar-refractivity contribution >= 4 is 46.0 Å². The van der Waals surface area contributed by atoms with Crippen LogP contribution >= 0.6 is 34.2 Å². The maximum atomic E-state index is 11.7. The monoisotopic (exact) mass is 387 g/mol. The molecule has 1 amide bonds. The van der Waals surface area contributed by atoms with Crippen molar-refractivity contribution in [1.82, 2.24) is 0 Å². The molecule has 0 radical (unpaired) electrons. The van der Waals surface area contributed by atoms with Crippen LogP contribution in [0.4, 0.5) is 10.5 Å². The second-order valence-corrected chi connectivity index (χ2v) is 5.46. The maximum Gasteiger partial charge on any atom is 0.412 e. The molecule has 0 spiro atoms. The van der Waals surface area contributed by atoms with Gasteiger partial charge in [0.2, 0.25) is 0 Å². The number of rotatable bonds is 3. The summed E-state index contributed by atoms with van der Waals surface area (Å²) in [5.41, 5.74) is 1.48. The number of halogens is 2. The summed E-state index contributed by atoms with van der Waals surface area (Å²) in [5, 5.41) is 3.11. The molecule has 0 saturated heterocycles. The second kappa shape index (κ2) is 6.77.